The molecule has 2 fully saturated rings. The van der Waals surface area contributed by atoms with Crippen LogP contribution in [0.2, 0.25) is 5.02 Å². The predicted octanol–water partition coefficient (Wildman–Crippen LogP) is 3.36. The average Bonchev–Trinajstić information content (AvgIpc) is 3.05. The second-order valence-corrected chi connectivity index (χ2v) is 8.10. The Morgan fingerprint density at radius 3 is 2.96 bits per heavy atom. The Bertz CT molecular complexity index is 909. The van der Waals surface area contributed by atoms with Gasteiger partial charge >= 0.3 is 0 Å². The smallest absolute Gasteiger partial charge is 0.290 e. The van der Waals surface area contributed by atoms with Crippen LogP contribution in [0.15, 0.2) is 33.8 Å². The number of nitrogens with zero attached hydrogens (tertiary/aromatic N) is 4. The van der Waals surface area contributed by atoms with E-state index < -0.39 is 24.1 Å². The van der Waals surface area contributed by atoms with Gasteiger partial charge in [0, 0.05) is 23.3 Å². The van der Waals surface area contributed by atoms with Crippen molar-refractivity contribution in [2.45, 2.75) is 37.8 Å². The van der Waals surface area contributed by atoms with Crippen molar-refractivity contribution in [2.75, 3.05) is 24.6 Å². The Morgan fingerprint density at radius 1 is 1.36 bits per heavy atom. The zero-order valence-corrected chi connectivity index (χ0v) is 17.3. The summed E-state index contributed by atoms with van der Waals surface area (Å²) < 4.78 is 27.9. The van der Waals surface area contributed by atoms with Crippen LogP contribution in [0.4, 0.5) is 10.1 Å². The van der Waals surface area contributed by atoms with Crippen LogP contribution in [0.5, 0.6) is 5.88 Å². The minimum atomic E-state index is -1.25. The zero-order valence-electron chi connectivity index (χ0n) is 14.9. The molecule has 0 bridgehead atoms. The SMILES string of the molecule is O=c1c(Cl)c(N2C[C@H](Oc3cc(Br)ccn3)[C@@H](F)C2)cnn1C1CCCCO1. The fraction of sp³-hybridized carbons (Fsp3) is 0.500. The van der Waals surface area contributed by atoms with Gasteiger partial charge in [-0.15, -0.1) is 0 Å². The van der Waals surface area contributed by atoms with Crippen LogP contribution < -0.4 is 15.2 Å². The normalized spacial score (nSPS) is 25.1. The van der Waals surface area contributed by atoms with Crippen LogP contribution in [0.3, 0.4) is 0 Å². The molecule has 10 heteroatoms. The summed E-state index contributed by atoms with van der Waals surface area (Å²) in [7, 11) is 0. The summed E-state index contributed by atoms with van der Waals surface area (Å²) >= 11 is 9.66. The number of hydrogen-bond acceptors (Lipinski definition) is 6. The Kier molecular flexibility index (Phi) is 5.84. The van der Waals surface area contributed by atoms with E-state index in [9.17, 15) is 9.18 Å². The van der Waals surface area contributed by atoms with E-state index in [2.05, 4.69) is 26.0 Å². The molecule has 0 N–H and O–H groups in total. The molecule has 3 atom stereocenters. The number of rotatable bonds is 4. The minimum Gasteiger partial charge on any atom is -0.469 e. The first-order valence-corrected chi connectivity index (χ1v) is 10.3. The molecule has 0 aromatic carbocycles. The van der Waals surface area contributed by atoms with Crippen molar-refractivity contribution >= 4 is 33.2 Å². The summed E-state index contributed by atoms with van der Waals surface area (Å²) in [6, 6.07) is 3.44. The molecule has 4 heterocycles. The van der Waals surface area contributed by atoms with Crippen molar-refractivity contribution in [1.82, 2.24) is 14.8 Å². The van der Waals surface area contributed by atoms with E-state index in [1.807, 2.05) is 0 Å². The maximum absolute atomic E-state index is 14.5. The van der Waals surface area contributed by atoms with Crippen LogP contribution in [-0.4, -0.2) is 46.7 Å². The van der Waals surface area contributed by atoms with Gasteiger partial charge < -0.3 is 14.4 Å². The second-order valence-electron chi connectivity index (χ2n) is 6.80. The van der Waals surface area contributed by atoms with Gasteiger partial charge in [-0.2, -0.15) is 9.78 Å². The van der Waals surface area contributed by atoms with Gasteiger partial charge in [0.2, 0.25) is 5.88 Å². The molecule has 0 amide bonds. The predicted molar refractivity (Wildman–Crippen MR) is 106 cm³/mol. The first-order valence-electron chi connectivity index (χ1n) is 9.09. The lowest BCUT2D eigenvalue weighted by molar-refractivity contribution is -0.0424. The van der Waals surface area contributed by atoms with E-state index >= 15 is 0 Å². The summed E-state index contributed by atoms with van der Waals surface area (Å²) in [6.07, 6.45) is 3.35. The molecule has 1 unspecified atom stereocenters. The van der Waals surface area contributed by atoms with Crippen molar-refractivity contribution in [3.8, 4) is 5.88 Å². The van der Waals surface area contributed by atoms with Gasteiger partial charge in [0.1, 0.15) is 5.02 Å². The van der Waals surface area contributed by atoms with Gasteiger partial charge in [-0.25, -0.2) is 9.37 Å². The van der Waals surface area contributed by atoms with Gasteiger partial charge in [0.15, 0.2) is 18.5 Å². The Morgan fingerprint density at radius 2 is 2.21 bits per heavy atom. The first kappa shape index (κ1) is 19.6. The molecular weight excluding hydrogens is 455 g/mol. The summed E-state index contributed by atoms with van der Waals surface area (Å²) in [5.74, 6) is 0.331. The molecule has 7 nitrogen and oxygen atoms in total. The standard InChI is InChI=1S/C18H19BrClFN4O3/c19-11-4-5-22-15(7-11)28-14-10-24(9-12(14)21)13-8-23-25(18(26)17(13)20)16-3-1-2-6-27-16/h4-5,7-8,12,14,16H,1-3,6,9-10H2/t12-,14-,16?/m0/s1. The average molecular weight is 474 g/mol. The van der Waals surface area contributed by atoms with E-state index in [4.69, 9.17) is 21.1 Å². The van der Waals surface area contributed by atoms with Gasteiger partial charge in [-0.05, 0) is 25.3 Å². The van der Waals surface area contributed by atoms with E-state index in [1.165, 1.54) is 10.9 Å². The highest BCUT2D eigenvalue weighted by Gasteiger charge is 2.36. The lowest BCUT2D eigenvalue weighted by atomic mass is 10.2. The number of anilines is 1. The largest absolute Gasteiger partial charge is 0.469 e. The second kappa shape index (κ2) is 8.34. The Balaban J connectivity index is 1.51. The van der Waals surface area contributed by atoms with E-state index in [0.29, 0.717) is 24.6 Å². The minimum absolute atomic E-state index is 0.0117. The maximum atomic E-state index is 14.5. The summed E-state index contributed by atoms with van der Waals surface area (Å²) in [5.41, 5.74) is -0.0332. The zero-order chi connectivity index (χ0) is 19.7. The Hall–Kier alpha value is -1.71. The van der Waals surface area contributed by atoms with Crippen LogP contribution in [-0.2, 0) is 4.74 Å². The van der Waals surface area contributed by atoms with Gasteiger partial charge in [-0.1, -0.05) is 27.5 Å². The van der Waals surface area contributed by atoms with Crippen molar-refractivity contribution < 1.29 is 13.9 Å². The molecule has 150 valence electrons. The number of halogens is 3. The molecule has 2 aromatic heterocycles. The quantitative estimate of drug-likeness (QED) is 0.678. The molecule has 2 aliphatic rings. The lowest BCUT2D eigenvalue weighted by Crippen LogP contribution is -2.33. The van der Waals surface area contributed by atoms with Crippen molar-refractivity contribution in [3.05, 3.63) is 44.4 Å². The van der Waals surface area contributed by atoms with Crippen molar-refractivity contribution in [2.24, 2.45) is 0 Å². The highest BCUT2D eigenvalue weighted by atomic mass is 79.9. The van der Waals surface area contributed by atoms with E-state index in [1.54, 1.807) is 23.2 Å². The van der Waals surface area contributed by atoms with Gasteiger partial charge in [0.25, 0.3) is 5.56 Å². The molecule has 2 saturated heterocycles. The monoisotopic (exact) mass is 472 g/mol. The molecule has 4 rings (SSSR count). The van der Waals surface area contributed by atoms with E-state index in [-0.39, 0.29) is 18.1 Å². The molecule has 2 aromatic rings. The molecular formula is C18H19BrClFN4O3. The maximum Gasteiger partial charge on any atom is 0.290 e. The lowest BCUT2D eigenvalue weighted by Gasteiger charge is -2.25. The number of aromatic nitrogens is 3. The van der Waals surface area contributed by atoms with Crippen LogP contribution >= 0.6 is 27.5 Å². The fourth-order valence-corrected chi connectivity index (χ4v) is 3.99. The third-order valence-corrected chi connectivity index (χ3v) is 5.71. The molecule has 0 radical (unpaired) electrons. The van der Waals surface area contributed by atoms with E-state index in [0.717, 1.165) is 17.3 Å². The Labute approximate surface area is 174 Å². The van der Waals surface area contributed by atoms with Crippen molar-refractivity contribution in [3.63, 3.8) is 0 Å². The first-order chi connectivity index (χ1) is 13.5. The van der Waals surface area contributed by atoms with Crippen LogP contribution in [0.25, 0.3) is 0 Å². The number of alkyl halides is 1. The molecule has 28 heavy (non-hydrogen) atoms. The number of hydrogen-bond donors (Lipinski definition) is 0. The van der Waals surface area contributed by atoms with Gasteiger partial charge in [-0.3, -0.25) is 4.79 Å². The van der Waals surface area contributed by atoms with Crippen LogP contribution in [0.1, 0.15) is 25.5 Å². The third kappa shape index (κ3) is 4.01. The van der Waals surface area contributed by atoms with Crippen LogP contribution in [0, 0.1) is 0 Å². The summed E-state index contributed by atoms with van der Waals surface area (Å²) in [5, 5.41) is 4.24. The molecule has 0 saturated carbocycles. The fourth-order valence-electron chi connectivity index (χ4n) is 3.43. The molecule has 0 aliphatic carbocycles. The van der Waals surface area contributed by atoms with Crippen molar-refractivity contribution in [1.29, 1.82) is 0 Å². The van der Waals surface area contributed by atoms with Gasteiger partial charge in [0.05, 0.1) is 25.0 Å². The summed E-state index contributed by atoms with van der Waals surface area (Å²) in [6.45, 7) is 0.889. The molecule has 0 spiro atoms. The number of pyridine rings is 1. The highest BCUT2D eigenvalue weighted by molar-refractivity contribution is 9.10. The third-order valence-electron chi connectivity index (χ3n) is 4.86. The topological polar surface area (TPSA) is 69.5 Å². The summed E-state index contributed by atoms with van der Waals surface area (Å²) in [4.78, 5) is 18.4. The number of ether oxygens (including phenoxy) is 2. The molecule has 2 aliphatic heterocycles. The highest BCUT2D eigenvalue weighted by Crippen LogP contribution is 2.29.